The molecule has 96 valence electrons. The van der Waals surface area contributed by atoms with E-state index in [0.717, 1.165) is 11.6 Å². The highest BCUT2D eigenvalue weighted by molar-refractivity contribution is 7.09. The van der Waals surface area contributed by atoms with Crippen LogP contribution in [0.15, 0.2) is 5.38 Å². The van der Waals surface area contributed by atoms with Gasteiger partial charge in [-0.05, 0) is 39.2 Å². The van der Waals surface area contributed by atoms with Crippen molar-refractivity contribution in [3.05, 3.63) is 16.1 Å². The Bertz CT molecular complexity index is 327. The summed E-state index contributed by atoms with van der Waals surface area (Å²) in [7, 11) is 0. The Labute approximate surface area is 109 Å². The zero-order chi connectivity index (χ0) is 12.1. The molecule has 0 aromatic carbocycles. The molecule has 1 atom stereocenters. The standard InChI is InChI=1S/C14H24N2S/c1-11-10-17-14(16-11)12(2)15-9-13-7-5-3-4-6-8-13/h10,12-13,15H,3-9H2,1-2H3. The van der Waals surface area contributed by atoms with Gasteiger partial charge in [-0.25, -0.2) is 4.98 Å². The molecule has 3 heteroatoms. The summed E-state index contributed by atoms with van der Waals surface area (Å²) in [6, 6.07) is 0.414. The molecule has 1 heterocycles. The minimum atomic E-state index is 0.414. The molecular formula is C14H24N2S. The number of thiazole rings is 1. The molecule has 1 N–H and O–H groups in total. The van der Waals surface area contributed by atoms with E-state index < -0.39 is 0 Å². The van der Waals surface area contributed by atoms with Crippen molar-refractivity contribution in [3.8, 4) is 0 Å². The van der Waals surface area contributed by atoms with Crippen LogP contribution in [0.25, 0.3) is 0 Å². The zero-order valence-corrected chi connectivity index (χ0v) is 11.9. The average Bonchev–Trinajstić information content (AvgIpc) is 2.61. The van der Waals surface area contributed by atoms with Crippen LogP contribution in [-0.2, 0) is 0 Å². The molecule has 0 saturated heterocycles. The van der Waals surface area contributed by atoms with E-state index in [4.69, 9.17) is 0 Å². The van der Waals surface area contributed by atoms with Gasteiger partial charge in [0.1, 0.15) is 5.01 Å². The Morgan fingerprint density at radius 3 is 2.65 bits per heavy atom. The van der Waals surface area contributed by atoms with Crippen molar-refractivity contribution in [1.29, 1.82) is 0 Å². The maximum absolute atomic E-state index is 4.55. The van der Waals surface area contributed by atoms with Crippen molar-refractivity contribution in [2.24, 2.45) is 5.92 Å². The summed E-state index contributed by atoms with van der Waals surface area (Å²) in [5.74, 6) is 0.890. The molecule has 17 heavy (non-hydrogen) atoms. The first-order valence-corrected chi connectivity index (χ1v) is 7.79. The van der Waals surface area contributed by atoms with Gasteiger partial charge in [0, 0.05) is 11.1 Å². The Hall–Kier alpha value is -0.410. The normalized spacial score (nSPS) is 20.1. The molecule has 1 aromatic rings. The lowest BCUT2D eigenvalue weighted by Crippen LogP contribution is -2.25. The molecule has 1 saturated carbocycles. The monoisotopic (exact) mass is 252 g/mol. The summed E-state index contributed by atoms with van der Waals surface area (Å²) in [6.07, 6.45) is 8.57. The quantitative estimate of drug-likeness (QED) is 0.817. The zero-order valence-electron chi connectivity index (χ0n) is 11.0. The SMILES string of the molecule is Cc1csc(C(C)NCC2CCCCCC2)n1. The summed E-state index contributed by atoms with van der Waals surface area (Å²) in [5, 5.41) is 7.03. The van der Waals surface area contributed by atoms with Gasteiger partial charge in [0.25, 0.3) is 0 Å². The van der Waals surface area contributed by atoms with E-state index in [-0.39, 0.29) is 0 Å². The van der Waals surface area contributed by atoms with E-state index in [1.54, 1.807) is 11.3 Å². The van der Waals surface area contributed by atoms with Gasteiger partial charge in [-0.15, -0.1) is 11.3 Å². The van der Waals surface area contributed by atoms with Gasteiger partial charge >= 0.3 is 0 Å². The number of rotatable bonds is 4. The highest BCUT2D eigenvalue weighted by Crippen LogP contribution is 2.23. The summed E-state index contributed by atoms with van der Waals surface area (Å²) in [4.78, 5) is 4.55. The van der Waals surface area contributed by atoms with Gasteiger partial charge in [0.15, 0.2) is 0 Å². The largest absolute Gasteiger partial charge is 0.308 e. The maximum Gasteiger partial charge on any atom is 0.110 e. The van der Waals surface area contributed by atoms with Gasteiger partial charge in [0.05, 0.1) is 6.04 Å². The Morgan fingerprint density at radius 1 is 1.35 bits per heavy atom. The van der Waals surface area contributed by atoms with Crippen LogP contribution in [-0.4, -0.2) is 11.5 Å². The van der Waals surface area contributed by atoms with Crippen LogP contribution in [0.4, 0.5) is 0 Å². The minimum absolute atomic E-state index is 0.414. The number of hydrogen-bond donors (Lipinski definition) is 1. The lowest BCUT2D eigenvalue weighted by Gasteiger charge is -2.18. The summed E-state index contributed by atoms with van der Waals surface area (Å²) in [6.45, 7) is 5.47. The van der Waals surface area contributed by atoms with Crippen LogP contribution in [0.5, 0.6) is 0 Å². The predicted octanol–water partition coefficient (Wildman–Crippen LogP) is 4.07. The first-order chi connectivity index (χ1) is 8.25. The van der Waals surface area contributed by atoms with Crippen LogP contribution >= 0.6 is 11.3 Å². The smallest absolute Gasteiger partial charge is 0.110 e. The fourth-order valence-electron chi connectivity index (χ4n) is 2.57. The third-order valence-corrected chi connectivity index (χ3v) is 4.84. The molecule has 1 aliphatic rings. The van der Waals surface area contributed by atoms with E-state index in [9.17, 15) is 0 Å². The van der Waals surface area contributed by atoms with Crippen molar-refractivity contribution < 1.29 is 0 Å². The molecule has 0 amide bonds. The molecule has 2 nitrogen and oxygen atoms in total. The van der Waals surface area contributed by atoms with E-state index >= 15 is 0 Å². The third kappa shape index (κ3) is 4.07. The maximum atomic E-state index is 4.55. The molecule has 2 rings (SSSR count). The molecule has 1 fully saturated rings. The van der Waals surface area contributed by atoms with Crippen LogP contribution in [0.2, 0.25) is 0 Å². The number of aromatic nitrogens is 1. The topological polar surface area (TPSA) is 24.9 Å². The average molecular weight is 252 g/mol. The second kappa shape index (κ2) is 6.50. The van der Waals surface area contributed by atoms with Crippen molar-refractivity contribution in [2.75, 3.05) is 6.54 Å². The highest BCUT2D eigenvalue weighted by Gasteiger charge is 2.14. The number of hydrogen-bond acceptors (Lipinski definition) is 3. The van der Waals surface area contributed by atoms with Crippen molar-refractivity contribution in [3.63, 3.8) is 0 Å². The van der Waals surface area contributed by atoms with Crippen LogP contribution in [0.1, 0.15) is 62.2 Å². The lowest BCUT2D eigenvalue weighted by atomic mass is 10.0. The Kier molecular flexibility index (Phi) is 4.99. The molecule has 1 aliphatic carbocycles. The second-order valence-corrected chi connectivity index (χ2v) is 6.20. The summed E-state index contributed by atoms with van der Waals surface area (Å²) < 4.78 is 0. The first kappa shape index (κ1) is 13.0. The van der Waals surface area contributed by atoms with Gasteiger partial charge < -0.3 is 5.32 Å². The minimum Gasteiger partial charge on any atom is -0.308 e. The van der Waals surface area contributed by atoms with E-state index in [2.05, 4.69) is 29.5 Å². The molecule has 0 spiro atoms. The van der Waals surface area contributed by atoms with Crippen molar-refractivity contribution >= 4 is 11.3 Å². The predicted molar refractivity (Wildman–Crippen MR) is 74.5 cm³/mol. The van der Waals surface area contributed by atoms with Gasteiger partial charge in [-0.2, -0.15) is 0 Å². The molecule has 0 bridgehead atoms. The lowest BCUT2D eigenvalue weighted by molar-refractivity contribution is 0.402. The van der Waals surface area contributed by atoms with Crippen LogP contribution in [0, 0.1) is 12.8 Å². The summed E-state index contributed by atoms with van der Waals surface area (Å²) in [5.41, 5.74) is 1.15. The third-order valence-electron chi connectivity index (χ3n) is 3.69. The van der Waals surface area contributed by atoms with Crippen molar-refractivity contribution in [2.45, 2.75) is 58.4 Å². The molecule has 1 unspecified atom stereocenters. The number of nitrogens with one attached hydrogen (secondary N) is 1. The van der Waals surface area contributed by atoms with E-state index in [1.165, 1.54) is 50.1 Å². The van der Waals surface area contributed by atoms with E-state index in [1.807, 2.05) is 0 Å². The van der Waals surface area contributed by atoms with Gasteiger partial charge in [0.2, 0.25) is 0 Å². The molecule has 0 radical (unpaired) electrons. The molecule has 0 aliphatic heterocycles. The van der Waals surface area contributed by atoms with E-state index in [0.29, 0.717) is 6.04 Å². The Balaban J connectivity index is 1.77. The second-order valence-electron chi connectivity index (χ2n) is 5.31. The summed E-state index contributed by atoms with van der Waals surface area (Å²) >= 11 is 1.77. The Morgan fingerprint density at radius 2 is 2.06 bits per heavy atom. The molecule has 1 aromatic heterocycles. The van der Waals surface area contributed by atoms with Gasteiger partial charge in [-0.3, -0.25) is 0 Å². The van der Waals surface area contributed by atoms with Gasteiger partial charge in [-0.1, -0.05) is 25.7 Å². The first-order valence-electron chi connectivity index (χ1n) is 6.91. The van der Waals surface area contributed by atoms with Crippen molar-refractivity contribution in [1.82, 2.24) is 10.3 Å². The fourth-order valence-corrected chi connectivity index (χ4v) is 3.40. The van der Waals surface area contributed by atoms with Crippen LogP contribution < -0.4 is 5.32 Å². The molecular weight excluding hydrogens is 228 g/mol. The number of aryl methyl sites for hydroxylation is 1. The fraction of sp³-hybridized carbons (Fsp3) is 0.786. The number of nitrogens with zero attached hydrogens (tertiary/aromatic N) is 1. The van der Waals surface area contributed by atoms with Crippen LogP contribution in [0.3, 0.4) is 0 Å². The highest BCUT2D eigenvalue weighted by atomic mass is 32.1.